The van der Waals surface area contributed by atoms with Gasteiger partial charge in [0.25, 0.3) is 0 Å². The molecule has 2 fully saturated rings. The number of likely N-dealkylation sites (tertiary alicyclic amines) is 1. The lowest BCUT2D eigenvalue weighted by Gasteiger charge is -2.36. The van der Waals surface area contributed by atoms with Crippen LogP contribution in [0.2, 0.25) is 0 Å². The second kappa shape index (κ2) is 7.25. The Bertz CT molecular complexity index is 289. The SMILES string of the molecule is CCCCN(C)C(=O)C1CCCN1C1CCNCC1. The van der Waals surface area contributed by atoms with E-state index in [0.717, 1.165) is 45.4 Å². The summed E-state index contributed by atoms with van der Waals surface area (Å²) < 4.78 is 0. The van der Waals surface area contributed by atoms with Gasteiger partial charge in [0.2, 0.25) is 5.91 Å². The fourth-order valence-corrected chi connectivity index (χ4v) is 3.39. The van der Waals surface area contributed by atoms with Gasteiger partial charge in [-0.2, -0.15) is 0 Å². The highest BCUT2D eigenvalue weighted by Gasteiger charge is 2.36. The van der Waals surface area contributed by atoms with Gasteiger partial charge in [-0.15, -0.1) is 0 Å². The van der Waals surface area contributed by atoms with Crippen LogP contribution in [-0.2, 0) is 4.79 Å². The van der Waals surface area contributed by atoms with Crippen molar-refractivity contribution in [3.8, 4) is 0 Å². The van der Waals surface area contributed by atoms with Gasteiger partial charge in [-0.1, -0.05) is 13.3 Å². The van der Waals surface area contributed by atoms with Crippen LogP contribution in [0, 0.1) is 0 Å². The second-order valence-corrected chi connectivity index (χ2v) is 5.99. The molecule has 2 aliphatic rings. The van der Waals surface area contributed by atoms with Gasteiger partial charge in [0.05, 0.1) is 6.04 Å². The number of amides is 1. The van der Waals surface area contributed by atoms with E-state index in [9.17, 15) is 4.79 Å². The number of nitrogens with one attached hydrogen (secondary N) is 1. The summed E-state index contributed by atoms with van der Waals surface area (Å²) in [4.78, 5) is 17.0. The molecular weight excluding hydrogens is 238 g/mol. The Balaban J connectivity index is 1.91. The van der Waals surface area contributed by atoms with Crippen LogP contribution >= 0.6 is 0 Å². The van der Waals surface area contributed by atoms with Gasteiger partial charge in [0.1, 0.15) is 0 Å². The van der Waals surface area contributed by atoms with Crippen LogP contribution in [0.4, 0.5) is 0 Å². The van der Waals surface area contributed by atoms with Crippen LogP contribution in [0.5, 0.6) is 0 Å². The van der Waals surface area contributed by atoms with E-state index in [4.69, 9.17) is 0 Å². The van der Waals surface area contributed by atoms with E-state index in [-0.39, 0.29) is 6.04 Å². The number of hydrogen-bond donors (Lipinski definition) is 1. The number of likely N-dealkylation sites (N-methyl/N-ethyl adjacent to an activating group) is 1. The Hall–Kier alpha value is -0.610. The molecule has 2 rings (SSSR count). The van der Waals surface area contributed by atoms with Gasteiger partial charge in [-0.3, -0.25) is 9.69 Å². The van der Waals surface area contributed by atoms with Crippen LogP contribution < -0.4 is 5.32 Å². The summed E-state index contributed by atoms with van der Waals surface area (Å²) in [6.45, 7) is 6.41. The normalized spacial score (nSPS) is 25.7. The van der Waals surface area contributed by atoms with Crippen molar-refractivity contribution >= 4 is 5.91 Å². The standard InChI is InChI=1S/C15H29N3O/c1-3-4-11-17(2)15(19)14-6-5-12-18(14)13-7-9-16-10-8-13/h13-14,16H,3-12H2,1-2H3. The molecule has 0 saturated carbocycles. The number of carbonyl (C=O) groups is 1. The van der Waals surface area contributed by atoms with Gasteiger partial charge in [0, 0.05) is 19.6 Å². The molecule has 0 bridgehead atoms. The molecule has 1 unspecified atom stereocenters. The molecule has 2 heterocycles. The van der Waals surface area contributed by atoms with E-state index in [1.807, 2.05) is 11.9 Å². The van der Waals surface area contributed by atoms with Crippen molar-refractivity contribution in [2.45, 2.75) is 57.5 Å². The molecule has 110 valence electrons. The topological polar surface area (TPSA) is 35.6 Å². The Morgan fingerprint density at radius 1 is 1.32 bits per heavy atom. The number of piperidine rings is 1. The summed E-state index contributed by atoms with van der Waals surface area (Å²) >= 11 is 0. The summed E-state index contributed by atoms with van der Waals surface area (Å²) in [6, 6.07) is 0.780. The van der Waals surface area contributed by atoms with Crippen molar-refractivity contribution in [3.63, 3.8) is 0 Å². The zero-order valence-electron chi connectivity index (χ0n) is 12.5. The first kappa shape index (κ1) is 14.8. The summed E-state index contributed by atoms with van der Waals surface area (Å²) in [5, 5.41) is 3.41. The molecule has 0 aromatic rings. The van der Waals surface area contributed by atoms with Gasteiger partial charge >= 0.3 is 0 Å². The Morgan fingerprint density at radius 3 is 2.74 bits per heavy atom. The molecule has 0 aliphatic carbocycles. The molecule has 0 aromatic carbocycles. The number of unbranched alkanes of at least 4 members (excludes halogenated alkanes) is 1. The van der Waals surface area contributed by atoms with Crippen LogP contribution in [0.15, 0.2) is 0 Å². The third-order valence-corrected chi connectivity index (χ3v) is 4.58. The first-order valence-corrected chi connectivity index (χ1v) is 7.95. The van der Waals surface area contributed by atoms with Crippen LogP contribution in [0.25, 0.3) is 0 Å². The van der Waals surface area contributed by atoms with E-state index >= 15 is 0 Å². The maximum atomic E-state index is 12.6. The summed E-state index contributed by atoms with van der Waals surface area (Å²) in [6.07, 6.45) is 6.90. The lowest BCUT2D eigenvalue weighted by Crippen LogP contribution is -2.51. The lowest BCUT2D eigenvalue weighted by molar-refractivity contribution is -0.135. The predicted molar refractivity (Wildman–Crippen MR) is 78.2 cm³/mol. The first-order chi connectivity index (χ1) is 9.24. The average molecular weight is 267 g/mol. The number of hydrogen-bond acceptors (Lipinski definition) is 3. The smallest absolute Gasteiger partial charge is 0.239 e. The zero-order valence-corrected chi connectivity index (χ0v) is 12.5. The van der Waals surface area contributed by atoms with E-state index in [2.05, 4.69) is 17.1 Å². The monoisotopic (exact) mass is 267 g/mol. The fourth-order valence-electron chi connectivity index (χ4n) is 3.39. The van der Waals surface area contributed by atoms with Gasteiger partial charge in [-0.25, -0.2) is 0 Å². The number of nitrogens with zero attached hydrogens (tertiary/aromatic N) is 2. The molecule has 19 heavy (non-hydrogen) atoms. The summed E-state index contributed by atoms with van der Waals surface area (Å²) in [5.41, 5.74) is 0. The average Bonchev–Trinajstić information content (AvgIpc) is 2.94. The van der Waals surface area contributed by atoms with Crippen molar-refractivity contribution in [2.24, 2.45) is 0 Å². The van der Waals surface area contributed by atoms with Crippen LogP contribution in [0.1, 0.15) is 45.4 Å². The second-order valence-electron chi connectivity index (χ2n) is 5.99. The molecule has 0 spiro atoms. The highest BCUT2D eigenvalue weighted by atomic mass is 16.2. The number of carbonyl (C=O) groups excluding carboxylic acids is 1. The predicted octanol–water partition coefficient (Wildman–Crippen LogP) is 1.46. The fraction of sp³-hybridized carbons (Fsp3) is 0.933. The van der Waals surface area contributed by atoms with Crippen molar-refractivity contribution < 1.29 is 4.79 Å². The molecule has 0 aromatic heterocycles. The van der Waals surface area contributed by atoms with Crippen molar-refractivity contribution in [2.75, 3.05) is 33.2 Å². The highest BCUT2D eigenvalue weighted by Crippen LogP contribution is 2.25. The molecule has 4 nitrogen and oxygen atoms in total. The molecule has 4 heteroatoms. The van der Waals surface area contributed by atoms with E-state index in [0.29, 0.717) is 11.9 Å². The van der Waals surface area contributed by atoms with Gasteiger partial charge < -0.3 is 10.2 Å². The molecular formula is C15H29N3O. The molecule has 1 amide bonds. The molecule has 2 aliphatic heterocycles. The summed E-state index contributed by atoms with van der Waals surface area (Å²) in [5.74, 6) is 0.351. The van der Waals surface area contributed by atoms with Gasteiger partial charge in [0.15, 0.2) is 0 Å². The van der Waals surface area contributed by atoms with Crippen molar-refractivity contribution in [1.29, 1.82) is 0 Å². The zero-order chi connectivity index (χ0) is 13.7. The maximum Gasteiger partial charge on any atom is 0.239 e. The quantitative estimate of drug-likeness (QED) is 0.819. The molecule has 0 radical (unpaired) electrons. The maximum absolute atomic E-state index is 12.6. The van der Waals surface area contributed by atoms with E-state index in [1.165, 1.54) is 19.3 Å². The van der Waals surface area contributed by atoms with E-state index < -0.39 is 0 Å². The highest BCUT2D eigenvalue weighted by molar-refractivity contribution is 5.82. The minimum atomic E-state index is 0.157. The minimum Gasteiger partial charge on any atom is -0.344 e. The Kier molecular flexibility index (Phi) is 5.64. The third-order valence-electron chi connectivity index (χ3n) is 4.58. The summed E-state index contributed by atoms with van der Waals surface area (Å²) in [7, 11) is 1.97. The third kappa shape index (κ3) is 3.69. The molecule has 1 atom stereocenters. The minimum absolute atomic E-state index is 0.157. The van der Waals surface area contributed by atoms with Crippen molar-refractivity contribution in [1.82, 2.24) is 15.1 Å². The van der Waals surface area contributed by atoms with Crippen LogP contribution in [0.3, 0.4) is 0 Å². The van der Waals surface area contributed by atoms with Crippen LogP contribution in [-0.4, -0.2) is 61.0 Å². The first-order valence-electron chi connectivity index (χ1n) is 7.95. The number of rotatable bonds is 5. The largest absolute Gasteiger partial charge is 0.344 e. The Morgan fingerprint density at radius 2 is 2.05 bits per heavy atom. The van der Waals surface area contributed by atoms with Crippen molar-refractivity contribution in [3.05, 3.63) is 0 Å². The molecule has 1 N–H and O–H groups in total. The molecule has 2 saturated heterocycles. The van der Waals surface area contributed by atoms with E-state index in [1.54, 1.807) is 0 Å². The van der Waals surface area contributed by atoms with Gasteiger partial charge in [-0.05, 0) is 51.7 Å². The lowest BCUT2D eigenvalue weighted by atomic mass is 10.0. The Labute approximate surface area is 117 Å².